The van der Waals surface area contributed by atoms with Crippen LogP contribution >= 0.6 is 0 Å². The molecule has 1 aliphatic heterocycles. The van der Waals surface area contributed by atoms with E-state index in [0.29, 0.717) is 18.7 Å². The summed E-state index contributed by atoms with van der Waals surface area (Å²) in [5, 5.41) is 3.00. The van der Waals surface area contributed by atoms with E-state index in [1.165, 1.54) is 0 Å². The van der Waals surface area contributed by atoms with Gasteiger partial charge in [0.15, 0.2) is 0 Å². The van der Waals surface area contributed by atoms with E-state index in [-0.39, 0.29) is 23.8 Å². The van der Waals surface area contributed by atoms with E-state index in [4.69, 9.17) is 0 Å². The van der Waals surface area contributed by atoms with Gasteiger partial charge in [0.05, 0.1) is 12.0 Å². The molecule has 6 heteroatoms. The fraction of sp³-hybridized carbons (Fsp3) is 0.300. The predicted molar refractivity (Wildman–Crippen MR) is 100 cm³/mol. The zero-order valence-corrected chi connectivity index (χ0v) is 15.0. The molecule has 2 atom stereocenters. The highest BCUT2D eigenvalue weighted by Gasteiger charge is 2.33. The molecule has 6 nitrogen and oxygen atoms in total. The van der Waals surface area contributed by atoms with Crippen LogP contribution in [0.4, 0.5) is 0 Å². The molecule has 0 bridgehead atoms. The summed E-state index contributed by atoms with van der Waals surface area (Å²) in [5.41, 5.74) is 8.94. The molecule has 2 unspecified atom stereocenters. The van der Waals surface area contributed by atoms with Crippen molar-refractivity contribution >= 4 is 11.8 Å². The number of nitrogens with one attached hydrogen (secondary N) is 3. The zero-order chi connectivity index (χ0) is 18.5. The Morgan fingerprint density at radius 2 is 1.77 bits per heavy atom. The molecule has 1 heterocycles. The number of rotatable bonds is 5. The standard InChI is InChI=1S/C20H24N4O2/c1-24(2)20(26)16-10-8-14(9-11-16)12-21-19(25)17-13-22-23-18(17)15-6-4-3-5-7-15/h3-11,17-18,22-23H,12-13H2,1-2H3,(H,21,25). The van der Waals surface area contributed by atoms with Crippen LogP contribution in [0.15, 0.2) is 54.6 Å². The van der Waals surface area contributed by atoms with Crippen LogP contribution in [-0.4, -0.2) is 37.4 Å². The maximum absolute atomic E-state index is 12.6. The topological polar surface area (TPSA) is 73.5 Å². The first-order valence-corrected chi connectivity index (χ1v) is 8.68. The predicted octanol–water partition coefficient (Wildman–Crippen LogP) is 1.47. The molecule has 2 aromatic rings. The van der Waals surface area contributed by atoms with Crippen LogP contribution in [0.2, 0.25) is 0 Å². The lowest BCUT2D eigenvalue weighted by Crippen LogP contribution is -2.34. The van der Waals surface area contributed by atoms with Crippen LogP contribution in [0.25, 0.3) is 0 Å². The van der Waals surface area contributed by atoms with E-state index < -0.39 is 0 Å². The van der Waals surface area contributed by atoms with Crippen LogP contribution in [-0.2, 0) is 11.3 Å². The van der Waals surface area contributed by atoms with Crippen molar-refractivity contribution < 1.29 is 9.59 Å². The van der Waals surface area contributed by atoms with E-state index in [0.717, 1.165) is 11.1 Å². The van der Waals surface area contributed by atoms with E-state index in [1.807, 2.05) is 42.5 Å². The molecule has 3 rings (SSSR count). The van der Waals surface area contributed by atoms with Gasteiger partial charge in [-0.15, -0.1) is 0 Å². The van der Waals surface area contributed by atoms with E-state index in [1.54, 1.807) is 31.1 Å². The first kappa shape index (κ1) is 18.1. The van der Waals surface area contributed by atoms with Gasteiger partial charge in [0.2, 0.25) is 5.91 Å². The van der Waals surface area contributed by atoms with Crippen LogP contribution in [0.1, 0.15) is 27.5 Å². The van der Waals surface area contributed by atoms with E-state index in [2.05, 4.69) is 16.2 Å². The molecule has 0 radical (unpaired) electrons. The average Bonchev–Trinajstić information content (AvgIpc) is 3.16. The monoisotopic (exact) mass is 352 g/mol. The number of carbonyl (C=O) groups excluding carboxylic acids is 2. The van der Waals surface area contributed by atoms with Gasteiger partial charge in [0, 0.05) is 32.7 Å². The maximum atomic E-state index is 12.6. The minimum Gasteiger partial charge on any atom is -0.352 e. The third-order valence-corrected chi connectivity index (χ3v) is 4.55. The molecule has 2 amide bonds. The van der Waals surface area contributed by atoms with Gasteiger partial charge < -0.3 is 10.2 Å². The van der Waals surface area contributed by atoms with Crippen LogP contribution < -0.4 is 16.2 Å². The van der Waals surface area contributed by atoms with Gasteiger partial charge in [-0.3, -0.25) is 15.0 Å². The first-order valence-electron chi connectivity index (χ1n) is 8.68. The molecule has 26 heavy (non-hydrogen) atoms. The summed E-state index contributed by atoms with van der Waals surface area (Å²) in [4.78, 5) is 26.1. The SMILES string of the molecule is CN(C)C(=O)c1ccc(CNC(=O)C2CNNC2c2ccccc2)cc1. The van der Waals surface area contributed by atoms with Gasteiger partial charge in [-0.05, 0) is 23.3 Å². The summed E-state index contributed by atoms with van der Waals surface area (Å²) in [6.45, 7) is 1.02. The molecule has 1 fully saturated rings. The summed E-state index contributed by atoms with van der Waals surface area (Å²) in [5.74, 6) is -0.203. The van der Waals surface area contributed by atoms with Crippen molar-refractivity contribution in [1.82, 2.24) is 21.1 Å². The highest BCUT2D eigenvalue weighted by Crippen LogP contribution is 2.24. The van der Waals surface area contributed by atoms with Gasteiger partial charge in [-0.1, -0.05) is 42.5 Å². The highest BCUT2D eigenvalue weighted by atomic mass is 16.2. The molecule has 0 aliphatic carbocycles. The minimum absolute atomic E-state index is 0.00444. The molecular formula is C20H24N4O2. The van der Waals surface area contributed by atoms with Crippen LogP contribution in [0.5, 0.6) is 0 Å². The zero-order valence-electron chi connectivity index (χ0n) is 15.0. The number of amides is 2. The van der Waals surface area contributed by atoms with Crippen molar-refractivity contribution in [3.8, 4) is 0 Å². The number of nitrogens with zero attached hydrogens (tertiary/aromatic N) is 1. The summed E-state index contributed by atoms with van der Waals surface area (Å²) in [6, 6.07) is 17.2. The molecule has 3 N–H and O–H groups in total. The van der Waals surface area contributed by atoms with Crippen molar-refractivity contribution in [3.63, 3.8) is 0 Å². The van der Waals surface area contributed by atoms with Crippen molar-refractivity contribution in [1.29, 1.82) is 0 Å². The number of hydrazine groups is 1. The number of carbonyl (C=O) groups is 2. The Labute approximate surface area is 153 Å². The molecule has 1 saturated heterocycles. The second-order valence-electron chi connectivity index (χ2n) is 6.63. The third-order valence-electron chi connectivity index (χ3n) is 4.55. The Bertz CT molecular complexity index is 759. The van der Waals surface area contributed by atoms with E-state index in [9.17, 15) is 9.59 Å². The lowest BCUT2D eigenvalue weighted by Gasteiger charge is -2.18. The molecule has 2 aromatic carbocycles. The normalized spacial score (nSPS) is 19.2. The molecule has 0 spiro atoms. The minimum atomic E-state index is -0.174. The summed E-state index contributed by atoms with van der Waals surface area (Å²) < 4.78 is 0. The summed E-state index contributed by atoms with van der Waals surface area (Å²) >= 11 is 0. The highest BCUT2D eigenvalue weighted by molar-refractivity contribution is 5.93. The Kier molecular flexibility index (Phi) is 5.65. The Morgan fingerprint density at radius 1 is 1.08 bits per heavy atom. The summed E-state index contributed by atoms with van der Waals surface area (Å²) in [6.07, 6.45) is 0. The quantitative estimate of drug-likeness (QED) is 0.762. The fourth-order valence-electron chi connectivity index (χ4n) is 3.06. The third kappa shape index (κ3) is 4.09. The van der Waals surface area contributed by atoms with E-state index >= 15 is 0 Å². The van der Waals surface area contributed by atoms with Crippen molar-refractivity contribution in [3.05, 3.63) is 71.3 Å². The van der Waals surface area contributed by atoms with Crippen molar-refractivity contribution in [2.24, 2.45) is 5.92 Å². The van der Waals surface area contributed by atoms with Gasteiger partial charge in [-0.2, -0.15) is 0 Å². The lowest BCUT2D eigenvalue weighted by molar-refractivity contribution is -0.125. The number of benzene rings is 2. The maximum Gasteiger partial charge on any atom is 0.253 e. The van der Waals surface area contributed by atoms with Gasteiger partial charge in [0.25, 0.3) is 5.91 Å². The van der Waals surface area contributed by atoms with Gasteiger partial charge in [0.1, 0.15) is 0 Å². The van der Waals surface area contributed by atoms with Crippen LogP contribution in [0, 0.1) is 5.92 Å². The molecule has 1 aliphatic rings. The van der Waals surface area contributed by atoms with Gasteiger partial charge in [-0.25, -0.2) is 5.43 Å². The second kappa shape index (κ2) is 8.12. The summed E-state index contributed by atoms with van der Waals surface area (Å²) in [7, 11) is 3.45. The molecule has 0 aromatic heterocycles. The Balaban J connectivity index is 1.59. The lowest BCUT2D eigenvalue weighted by atomic mass is 9.94. The fourth-order valence-corrected chi connectivity index (χ4v) is 3.06. The van der Waals surface area contributed by atoms with Crippen molar-refractivity contribution in [2.75, 3.05) is 20.6 Å². The average molecular weight is 352 g/mol. The number of hydrogen-bond acceptors (Lipinski definition) is 4. The Morgan fingerprint density at radius 3 is 2.42 bits per heavy atom. The van der Waals surface area contributed by atoms with Crippen molar-refractivity contribution in [2.45, 2.75) is 12.6 Å². The smallest absolute Gasteiger partial charge is 0.253 e. The van der Waals surface area contributed by atoms with Gasteiger partial charge >= 0.3 is 0 Å². The molecular weight excluding hydrogens is 328 g/mol. The largest absolute Gasteiger partial charge is 0.352 e. The second-order valence-corrected chi connectivity index (χ2v) is 6.63. The molecule has 136 valence electrons. The first-order chi connectivity index (χ1) is 12.6. The Hall–Kier alpha value is -2.70. The van der Waals surface area contributed by atoms with Crippen LogP contribution in [0.3, 0.4) is 0 Å². The molecule has 0 saturated carbocycles. The number of hydrogen-bond donors (Lipinski definition) is 3.